The fourth-order valence-electron chi connectivity index (χ4n) is 1.49. The van der Waals surface area contributed by atoms with Gasteiger partial charge in [0.25, 0.3) is 10.2 Å². The molecule has 0 aromatic heterocycles. The van der Waals surface area contributed by atoms with E-state index in [4.69, 9.17) is 11.6 Å². The average Bonchev–Trinajstić information content (AvgIpc) is 2.16. The van der Waals surface area contributed by atoms with Crippen LogP contribution in [0.5, 0.6) is 0 Å². The molecule has 15 heavy (non-hydrogen) atoms. The molecule has 4 nitrogen and oxygen atoms in total. The molecule has 0 bridgehead atoms. The van der Waals surface area contributed by atoms with E-state index in [1.165, 1.54) is 4.31 Å². The molecule has 0 aromatic rings. The smallest absolute Gasteiger partial charge is 0.197 e. The highest BCUT2D eigenvalue weighted by atomic mass is 35.5. The monoisotopic (exact) mass is 252 g/mol. The first-order valence-corrected chi connectivity index (χ1v) is 6.81. The van der Waals surface area contributed by atoms with E-state index in [0.29, 0.717) is 24.0 Å². The van der Waals surface area contributed by atoms with Gasteiger partial charge in [-0.3, -0.25) is 0 Å². The Hall–Kier alpha value is -0.100. The molecule has 1 heterocycles. The number of nitrogens with zero attached hydrogens (tertiary/aromatic N) is 1. The van der Waals surface area contributed by atoms with Gasteiger partial charge in [0.15, 0.2) is 0 Å². The lowest BCUT2D eigenvalue weighted by Crippen LogP contribution is -2.44. The zero-order chi connectivity index (χ0) is 11.5. The molecule has 1 N–H and O–H groups in total. The van der Waals surface area contributed by atoms with Crippen LogP contribution in [0.4, 0.5) is 0 Å². The van der Waals surface area contributed by atoms with Gasteiger partial charge in [0.1, 0.15) is 0 Å². The fraction of sp³-hybridized carbons (Fsp3) is 0.778. The third-order valence-corrected chi connectivity index (χ3v) is 4.22. The van der Waals surface area contributed by atoms with Crippen molar-refractivity contribution >= 4 is 21.8 Å². The molecular formula is C9H17ClN2O2S. The Morgan fingerprint density at radius 3 is 2.53 bits per heavy atom. The molecule has 0 aliphatic carbocycles. The second-order valence-electron chi connectivity index (χ2n) is 3.92. The van der Waals surface area contributed by atoms with Crippen LogP contribution in [-0.2, 0) is 10.2 Å². The van der Waals surface area contributed by atoms with Crippen LogP contribution in [0.3, 0.4) is 0 Å². The first-order chi connectivity index (χ1) is 6.92. The second-order valence-corrected chi connectivity index (χ2v) is 6.21. The molecule has 0 radical (unpaired) electrons. The molecule has 1 fully saturated rings. The third-order valence-electron chi connectivity index (χ3n) is 2.53. The lowest BCUT2D eigenvalue weighted by molar-refractivity contribution is 0.285. The van der Waals surface area contributed by atoms with Crippen LogP contribution in [0.15, 0.2) is 11.6 Å². The summed E-state index contributed by atoms with van der Waals surface area (Å²) >= 11 is 5.51. The molecule has 1 rings (SSSR count). The van der Waals surface area contributed by atoms with Crippen molar-refractivity contribution in [3.05, 3.63) is 11.6 Å². The summed E-state index contributed by atoms with van der Waals surface area (Å²) in [4.78, 5) is 0. The van der Waals surface area contributed by atoms with Gasteiger partial charge in [0.05, 0.1) is 0 Å². The van der Waals surface area contributed by atoms with Crippen molar-refractivity contribution in [1.29, 1.82) is 0 Å². The van der Waals surface area contributed by atoms with Gasteiger partial charge < -0.3 is 0 Å². The zero-order valence-corrected chi connectivity index (χ0v) is 10.4. The largest absolute Gasteiger partial charge is 0.279 e. The Labute approximate surface area is 96.5 Å². The Bertz CT molecular complexity index is 321. The predicted molar refractivity (Wildman–Crippen MR) is 61.9 cm³/mol. The number of hydrogen-bond acceptors (Lipinski definition) is 2. The lowest BCUT2D eigenvalue weighted by Gasteiger charge is -2.29. The molecule has 0 spiro atoms. The Balaban J connectivity index is 2.50. The average molecular weight is 253 g/mol. The first-order valence-electron chi connectivity index (χ1n) is 5.00. The molecule has 0 saturated carbocycles. The minimum absolute atomic E-state index is 0.0932. The van der Waals surface area contributed by atoms with Gasteiger partial charge in [-0.1, -0.05) is 25.1 Å². The van der Waals surface area contributed by atoms with Crippen LogP contribution in [0.2, 0.25) is 0 Å². The van der Waals surface area contributed by atoms with Gasteiger partial charge in [-0.25, -0.2) is 0 Å². The maximum atomic E-state index is 11.7. The van der Waals surface area contributed by atoms with Crippen molar-refractivity contribution < 1.29 is 8.42 Å². The van der Waals surface area contributed by atoms with E-state index in [-0.39, 0.29) is 6.54 Å². The summed E-state index contributed by atoms with van der Waals surface area (Å²) < 4.78 is 27.3. The minimum Gasteiger partial charge on any atom is -0.197 e. The highest BCUT2D eigenvalue weighted by molar-refractivity contribution is 7.87. The summed E-state index contributed by atoms with van der Waals surface area (Å²) in [6.07, 6.45) is 1.84. The number of nitrogens with one attached hydrogen (secondary N) is 1. The van der Waals surface area contributed by atoms with E-state index in [0.717, 1.165) is 12.8 Å². The van der Waals surface area contributed by atoms with Crippen LogP contribution in [0.25, 0.3) is 0 Å². The van der Waals surface area contributed by atoms with Gasteiger partial charge >= 0.3 is 0 Å². The summed E-state index contributed by atoms with van der Waals surface area (Å²) in [5.41, 5.74) is 0. The van der Waals surface area contributed by atoms with E-state index < -0.39 is 10.2 Å². The molecular weight excluding hydrogens is 236 g/mol. The SMILES string of the molecule is C=C(Cl)CNS(=O)(=O)N1CCC(C)CC1. The summed E-state index contributed by atoms with van der Waals surface area (Å²) in [5.74, 6) is 0.611. The molecule has 1 aliphatic heterocycles. The highest BCUT2D eigenvalue weighted by Crippen LogP contribution is 2.17. The van der Waals surface area contributed by atoms with Gasteiger partial charge in [-0.05, 0) is 18.8 Å². The van der Waals surface area contributed by atoms with E-state index in [2.05, 4.69) is 18.2 Å². The van der Waals surface area contributed by atoms with Crippen molar-refractivity contribution in [1.82, 2.24) is 9.03 Å². The van der Waals surface area contributed by atoms with Crippen molar-refractivity contribution in [3.8, 4) is 0 Å². The fourth-order valence-corrected chi connectivity index (χ4v) is 2.86. The second kappa shape index (κ2) is 5.30. The molecule has 0 amide bonds. The lowest BCUT2D eigenvalue weighted by atomic mass is 10.0. The van der Waals surface area contributed by atoms with Crippen molar-refractivity contribution in [2.24, 2.45) is 5.92 Å². The Morgan fingerprint density at radius 1 is 1.53 bits per heavy atom. The molecule has 88 valence electrons. The standard InChI is InChI=1S/C9H17ClN2O2S/c1-8-3-5-12(6-4-8)15(13,14)11-7-9(2)10/h8,11H,2-7H2,1H3. The van der Waals surface area contributed by atoms with E-state index in [1.807, 2.05) is 0 Å². The van der Waals surface area contributed by atoms with Gasteiger partial charge in [0, 0.05) is 24.7 Å². The quantitative estimate of drug-likeness (QED) is 0.820. The summed E-state index contributed by atoms with van der Waals surface area (Å²) in [5, 5.41) is 0.295. The Morgan fingerprint density at radius 2 is 2.07 bits per heavy atom. The first kappa shape index (κ1) is 13.0. The topological polar surface area (TPSA) is 49.4 Å². The van der Waals surface area contributed by atoms with Gasteiger partial charge in [-0.15, -0.1) is 0 Å². The van der Waals surface area contributed by atoms with E-state index in [9.17, 15) is 8.42 Å². The van der Waals surface area contributed by atoms with Crippen LogP contribution in [0.1, 0.15) is 19.8 Å². The summed E-state index contributed by atoms with van der Waals surface area (Å²) in [6, 6.07) is 0. The molecule has 0 unspecified atom stereocenters. The van der Waals surface area contributed by atoms with Crippen LogP contribution in [0, 0.1) is 5.92 Å². The third kappa shape index (κ3) is 4.10. The number of rotatable bonds is 4. The molecule has 0 aromatic carbocycles. The molecule has 6 heteroatoms. The van der Waals surface area contributed by atoms with Crippen molar-refractivity contribution in [2.45, 2.75) is 19.8 Å². The molecule has 1 aliphatic rings. The van der Waals surface area contributed by atoms with Crippen molar-refractivity contribution in [2.75, 3.05) is 19.6 Å². The number of halogens is 1. The maximum Gasteiger partial charge on any atom is 0.279 e. The Kier molecular flexibility index (Phi) is 4.58. The number of piperidine rings is 1. The molecule has 1 saturated heterocycles. The zero-order valence-electron chi connectivity index (χ0n) is 8.87. The van der Waals surface area contributed by atoms with Crippen LogP contribution >= 0.6 is 11.6 Å². The molecule has 0 atom stereocenters. The normalized spacial score (nSPS) is 20.4. The number of hydrogen-bond donors (Lipinski definition) is 1. The minimum atomic E-state index is -3.36. The van der Waals surface area contributed by atoms with E-state index >= 15 is 0 Å². The van der Waals surface area contributed by atoms with Crippen LogP contribution < -0.4 is 4.72 Å². The van der Waals surface area contributed by atoms with Crippen LogP contribution in [-0.4, -0.2) is 32.4 Å². The summed E-state index contributed by atoms with van der Waals surface area (Å²) in [6.45, 7) is 6.84. The maximum absolute atomic E-state index is 11.7. The van der Waals surface area contributed by atoms with Crippen molar-refractivity contribution in [3.63, 3.8) is 0 Å². The highest BCUT2D eigenvalue weighted by Gasteiger charge is 2.25. The van der Waals surface area contributed by atoms with Gasteiger partial charge in [0.2, 0.25) is 0 Å². The van der Waals surface area contributed by atoms with E-state index in [1.54, 1.807) is 0 Å². The predicted octanol–water partition coefficient (Wildman–Crippen LogP) is 1.31. The van der Waals surface area contributed by atoms with Gasteiger partial charge in [-0.2, -0.15) is 17.4 Å². The summed E-state index contributed by atoms with van der Waals surface area (Å²) in [7, 11) is -3.36.